The van der Waals surface area contributed by atoms with Crippen molar-refractivity contribution in [1.29, 1.82) is 0 Å². The van der Waals surface area contributed by atoms with Crippen LogP contribution in [0.3, 0.4) is 0 Å². The van der Waals surface area contributed by atoms with Crippen LogP contribution in [0.1, 0.15) is 41.6 Å². The Morgan fingerprint density at radius 2 is 1.56 bits per heavy atom. The van der Waals surface area contributed by atoms with E-state index in [1.54, 1.807) is 24.2 Å². The Labute approximate surface area is 204 Å². The maximum atomic E-state index is 12.2. The fourth-order valence-corrected chi connectivity index (χ4v) is 5.77. The van der Waals surface area contributed by atoms with Crippen molar-refractivity contribution in [2.75, 3.05) is 5.32 Å². The first-order chi connectivity index (χ1) is 16.6. The van der Waals surface area contributed by atoms with Gasteiger partial charge in [-0.1, -0.05) is 23.5 Å². The first-order valence-corrected chi connectivity index (χ1v) is 12.6. The number of aromatic nitrogens is 4. The average molecular weight is 493 g/mol. The first kappa shape index (κ1) is 22.4. The number of pyridine rings is 2. The van der Waals surface area contributed by atoms with E-state index in [2.05, 4.69) is 35.5 Å². The van der Waals surface area contributed by atoms with Crippen molar-refractivity contribution in [3.8, 4) is 0 Å². The van der Waals surface area contributed by atoms with Gasteiger partial charge in [-0.2, -0.15) is 9.98 Å². The van der Waals surface area contributed by atoms with E-state index in [1.807, 2.05) is 36.4 Å². The number of carbonyl (C=O) groups excluding carboxylic acids is 2. The summed E-state index contributed by atoms with van der Waals surface area (Å²) >= 11 is 2.97. The van der Waals surface area contributed by atoms with E-state index in [1.165, 1.54) is 11.3 Å². The summed E-state index contributed by atoms with van der Waals surface area (Å²) in [5.41, 5.74) is 1.45. The number of rotatable bonds is 7. The molecule has 5 rings (SSSR count). The van der Waals surface area contributed by atoms with Crippen LogP contribution in [0, 0.1) is 5.92 Å². The van der Waals surface area contributed by atoms with Crippen molar-refractivity contribution in [2.45, 2.75) is 38.0 Å². The molecule has 2 N–H and O–H groups in total. The molecule has 2 amide bonds. The van der Waals surface area contributed by atoms with Gasteiger partial charge in [-0.15, -0.1) is 10.2 Å². The largest absolute Gasteiger partial charge is 0.421 e. The highest BCUT2D eigenvalue weighted by molar-refractivity contribution is 8.28. The monoisotopic (exact) mass is 492 g/mol. The molecule has 0 radical (unpaired) electrons. The number of nitrogens with one attached hydrogen (secondary N) is 2. The highest BCUT2D eigenvalue weighted by Gasteiger charge is 2.40. The molecule has 0 saturated heterocycles. The van der Waals surface area contributed by atoms with E-state index in [0.717, 1.165) is 35.0 Å². The zero-order valence-electron chi connectivity index (χ0n) is 18.2. The van der Waals surface area contributed by atoms with Crippen LogP contribution in [0.4, 0.5) is 5.13 Å². The van der Waals surface area contributed by atoms with Gasteiger partial charge < -0.3 is 5.32 Å². The van der Waals surface area contributed by atoms with Crippen molar-refractivity contribution in [3.05, 3.63) is 65.2 Å². The Morgan fingerprint density at radius 3 is 2.21 bits per heavy atom. The maximum Gasteiger partial charge on any atom is 0.421 e. The summed E-state index contributed by atoms with van der Waals surface area (Å²) in [6.07, 6.45) is 6.75. The van der Waals surface area contributed by atoms with E-state index >= 15 is 0 Å². The average Bonchev–Trinajstić information content (AvgIpc) is 3.47. The second-order valence-electron chi connectivity index (χ2n) is 8.10. The van der Waals surface area contributed by atoms with E-state index < -0.39 is 0 Å². The third-order valence-corrected chi connectivity index (χ3v) is 7.63. The molecule has 2 atom stereocenters. The third kappa shape index (κ3) is 5.56. The lowest BCUT2D eigenvalue weighted by molar-refractivity contribution is -0.119. The van der Waals surface area contributed by atoms with Gasteiger partial charge in [-0.25, -0.2) is 4.79 Å². The van der Waals surface area contributed by atoms with Crippen molar-refractivity contribution in [2.24, 2.45) is 5.92 Å². The van der Waals surface area contributed by atoms with E-state index in [-0.39, 0.29) is 24.7 Å². The third-order valence-electron chi connectivity index (χ3n) is 5.61. The summed E-state index contributed by atoms with van der Waals surface area (Å²) in [5, 5.41) is 17.3. The molecule has 1 saturated carbocycles. The van der Waals surface area contributed by atoms with Gasteiger partial charge in [0.05, 0.1) is 30.3 Å². The van der Waals surface area contributed by atoms with E-state index in [0.29, 0.717) is 27.8 Å². The molecule has 3 aromatic heterocycles. The lowest BCUT2D eigenvalue weighted by atomic mass is 10.1. The highest BCUT2D eigenvalue weighted by Crippen LogP contribution is 2.42. The summed E-state index contributed by atoms with van der Waals surface area (Å²) in [6.45, 7) is 0. The topological polar surface area (TPSA) is 124 Å². The second kappa shape index (κ2) is 10.3. The minimum absolute atomic E-state index is 0.111. The van der Waals surface area contributed by atoms with Crippen LogP contribution >= 0.6 is 23.1 Å². The van der Waals surface area contributed by atoms with Crippen LogP contribution in [0.15, 0.2) is 48.8 Å². The Hall–Kier alpha value is -3.40. The molecule has 34 heavy (non-hydrogen) atoms. The fraction of sp³-hybridized carbons (Fsp3) is 0.304. The molecular weight excluding hydrogens is 470 g/mol. The molecule has 1 aliphatic carbocycles. The quantitative estimate of drug-likeness (QED) is 0.485. The predicted octanol–water partition coefficient (Wildman–Crippen LogP) is 2.32. The number of amidine groups is 1. The Bertz CT molecular complexity index is 1260. The van der Waals surface area contributed by atoms with Gasteiger partial charge in [-0.05, 0) is 43.5 Å². The van der Waals surface area contributed by atoms with Gasteiger partial charge in [0.2, 0.25) is 11.0 Å². The standard InChI is InChI=1S/C23H21N7O2S2/c31-18(12-16-5-1-3-9-24-16)26-22-28-20(33-22)14-7-8-15(11-14)21-29-30-23(34-21)27-19(32)13-17-6-2-4-10-25-17/h1-6,9-10,14-15H,7-8,11-13H2,(H,27,30,32)/p+1. The summed E-state index contributed by atoms with van der Waals surface area (Å²) in [7, 11) is 0. The SMILES string of the molecule is O=C(Cc1ccccn1)NC1=[N+]=C(C2CCC(c3nnc(NC(=O)Cc4ccccn4)s3)C2)S1. The van der Waals surface area contributed by atoms with Gasteiger partial charge in [0, 0.05) is 29.9 Å². The van der Waals surface area contributed by atoms with Crippen LogP contribution in [-0.4, -0.2) is 42.2 Å². The number of hydrogen-bond donors (Lipinski definition) is 2. The molecule has 2 unspecified atom stereocenters. The van der Waals surface area contributed by atoms with Crippen LogP contribution < -0.4 is 15.3 Å². The Kier molecular flexibility index (Phi) is 6.75. The van der Waals surface area contributed by atoms with E-state index in [9.17, 15) is 9.59 Å². The van der Waals surface area contributed by atoms with Crippen LogP contribution in [0.25, 0.3) is 0 Å². The second-order valence-corrected chi connectivity index (χ2v) is 10.1. The molecule has 0 bridgehead atoms. The van der Waals surface area contributed by atoms with Gasteiger partial charge in [0.15, 0.2) is 0 Å². The molecule has 4 heterocycles. The normalized spacial score (nSPS) is 19.1. The number of amides is 2. The van der Waals surface area contributed by atoms with Gasteiger partial charge in [-0.3, -0.25) is 14.8 Å². The summed E-state index contributed by atoms with van der Waals surface area (Å²) in [6, 6.07) is 11.0. The smallest absolute Gasteiger partial charge is 0.300 e. The van der Waals surface area contributed by atoms with Gasteiger partial charge in [0.25, 0.3) is 5.04 Å². The molecule has 0 aromatic carbocycles. The Balaban J connectivity index is 1.12. The number of thioether (sulfide) groups is 1. The molecule has 2 aliphatic rings. The predicted molar refractivity (Wildman–Crippen MR) is 132 cm³/mol. The molecule has 1 fully saturated rings. The highest BCUT2D eigenvalue weighted by atomic mass is 32.2. The molecule has 0 spiro atoms. The maximum absolute atomic E-state index is 12.2. The number of anilines is 1. The van der Waals surface area contributed by atoms with Crippen LogP contribution in [-0.2, 0) is 22.4 Å². The molecule has 3 aromatic rings. The van der Waals surface area contributed by atoms with Crippen molar-refractivity contribution < 1.29 is 9.59 Å². The zero-order chi connectivity index (χ0) is 23.3. The molecule has 11 heteroatoms. The lowest BCUT2D eigenvalue weighted by Gasteiger charge is -2.10. The zero-order valence-corrected chi connectivity index (χ0v) is 19.8. The molecule has 9 nitrogen and oxygen atoms in total. The number of carbonyl (C=O) groups is 2. The van der Waals surface area contributed by atoms with Gasteiger partial charge >= 0.3 is 11.1 Å². The van der Waals surface area contributed by atoms with Crippen LogP contribution in [0.5, 0.6) is 0 Å². The van der Waals surface area contributed by atoms with Crippen molar-refractivity contribution in [3.63, 3.8) is 0 Å². The summed E-state index contributed by atoms with van der Waals surface area (Å²) < 4.78 is 4.55. The Morgan fingerprint density at radius 1 is 0.912 bits per heavy atom. The fourth-order valence-electron chi connectivity index (χ4n) is 3.98. The first-order valence-electron chi connectivity index (χ1n) is 11.0. The minimum atomic E-state index is -0.154. The summed E-state index contributed by atoms with van der Waals surface area (Å²) in [4.78, 5) is 32.7. The van der Waals surface area contributed by atoms with E-state index in [4.69, 9.17) is 0 Å². The van der Waals surface area contributed by atoms with Gasteiger partial charge in [0.1, 0.15) is 5.01 Å². The van der Waals surface area contributed by atoms with Crippen LogP contribution in [0.2, 0.25) is 0 Å². The lowest BCUT2D eigenvalue weighted by Crippen LogP contribution is -2.38. The minimum Gasteiger partial charge on any atom is -0.300 e. The van der Waals surface area contributed by atoms with Crippen molar-refractivity contribution >= 4 is 50.3 Å². The number of nitrogens with zero attached hydrogens (tertiary/aromatic N) is 5. The van der Waals surface area contributed by atoms with Crippen molar-refractivity contribution in [1.82, 2.24) is 30.2 Å². The molecule has 1 aliphatic heterocycles. The summed E-state index contributed by atoms with van der Waals surface area (Å²) in [5.74, 6) is 0.395. The molecule has 172 valence electrons. The number of hydrogen-bond acceptors (Lipinski definition) is 8. The molecular formula is C23H22N7O2S2+.